The lowest BCUT2D eigenvalue weighted by atomic mass is 10.1. The topological polar surface area (TPSA) is 73.9 Å². The molecule has 0 fully saturated rings. The Bertz CT molecular complexity index is 1020. The number of hydrogen-bond acceptors (Lipinski definition) is 5. The molecule has 31 heavy (non-hydrogen) atoms. The van der Waals surface area contributed by atoms with Crippen LogP contribution in [0.3, 0.4) is 0 Å². The van der Waals surface area contributed by atoms with Crippen molar-refractivity contribution in [3.05, 3.63) is 89.5 Å². The van der Waals surface area contributed by atoms with Gasteiger partial charge in [0.05, 0.1) is 0 Å². The first-order valence-corrected chi connectivity index (χ1v) is 9.92. The quantitative estimate of drug-likeness (QED) is 0.519. The van der Waals surface area contributed by atoms with Crippen molar-refractivity contribution in [3.63, 3.8) is 0 Å². The summed E-state index contributed by atoms with van der Waals surface area (Å²) < 4.78 is 16.1. The largest absolute Gasteiger partial charge is 0.489 e. The average Bonchev–Trinajstić information content (AvgIpc) is 2.79. The van der Waals surface area contributed by atoms with Gasteiger partial charge in [-0.1, -0.05) is 42.5 Å². The predicted octanol–water partition coefficient (Wildman–Crippen LogP) is 4.44. The van der Waals surface area contributed by atoms with Crippen molar-refractivity contribution in [3.8, 4) is 11.5 Å². The molecule has 0 aliphatic carbocycles. The summed E-state index contributed by atoms with van der Waals surface area (Å²) in [5, 5.41) is 2.74. The third-order valence-electron chi connectivity index (χ3n) is 4.67. The highest BCUT2D eigenvalue weighted by molar-refractivity contribution is 5.93. The first-order chi connectivity index (χ1) is 15.0. The molecule has 6 nitrogen and oxygen atoms in total. The van der Waals surface area contributed by atoms with Gasteiger partial charge in [-0.3, -0.25) is 4.79 Å². The fraction of sp³-hybridized carbons (Fsp3) is 0.200. The minimum atomic E-state index is -0.625. The molecule has 0 radical (unpaired) electrons. The van der Waals surface area contributed by atoms with Crippen LogP contribution in [0, 0.1) is 13.8 Å². The van der Waals surface area contributed by atoms with Gasteiger partial charge in [-0.15, -0.1) is 0 Å². The van der Waals surface area contributed by atoms with E-state index in [9.17, 15) is 9.59 Å². The van der Waals surface area contributed by atoms with E-state index < -0.39 is 11.9 Å². The Balaban J connectivity index is 1.38. The molecule has 0 aromatic heterocycles. The SMILES string of the molecule is Cc1cccc(NC(=O)COC(=O)COc2ccc(OCc3ccccc3)cc2)c1C. The van der Waals surface area contributed by atoms with E-state index in [4.69, 9.17) is 14.2 Å². The minimum Gasteiger partial charge on any atom is -0.489 e. The van der Waals surface area contributed by atoms with E-state index in [-0.39, 0.29) is 13.2 Å². The Morgan fingerprint density at radius 2 is 1.45 bits per heavy atom. The number of carbonyl (C=O) groups is 2. The molecular formula is C25H25NO5. The van der Waals surface area contributed by atoms with Gasteiger partial charge >= 0.3 is 5.97 Å². The molecule has 3 rings (SSSR count). The van der Waals surface area contributed by atoms with Gasteiger partial charge in [0, 0.05) is 5.69 Å². The molecule has 0 saturated heterocycles. The normalized spacial score (nSPS) is 10.3. The highest BCUT2D eigenvalue weighted by Crippen LogP contribution is 2.19. The van der Waals surface area contributed by atoms with E-state index in [1.807, 2.05) is 56.3 Å². The number of benzene rings is 3. The second kappa shape index (κ2) is 10.8. The van der Waals surface area contributed by atoms with Gasteiger partial charge in [-0.05, 0) is 60.9 Å². The van der Waals surface area contributed by atoms with E-state index in [0.717, 1.165) is 16.7 Å². The van der Waals surface area contributed by atoms with E-state index in [0.29, 0.717) is 23.8 Å². The molecule has 0 bridgehead atoms. The van der Waals surface area contributed by atoms with Gasteiger partial charge in [0.25, 0.3) is 5.91 Å². The van der Waals surface area contributed by atoms with Crippen molar-refractivity contribution in [2.24, 2.45) is 0 Å². The van der Waals surface area contributed by atoms with Crippen LogP contribution >= 0.6 is 0 Å². The molecule has 1 N–H and O–H groups in total. The number of ether oxygens (including phenoxy) is 3. The van der Waals surface area contributed by atoms with Crippen LogP contribution in [-0.2, 0) is 20.9 Å². The smallest absolute Gasteiger partial charge is 0.344 e. The van der Waals surface area contributed by atoms with Crippen LogP contribution in [-0.4, -0.2) is 25.1 Å². The fourth-order valence-corrected chi connectivity index (χ4v) is 2.78. The lowest BCUT2D eigenvalue weighted by Gasteiger charge is -2.11. The highest BCUT2D eigenvalue weighted by atomic mass is 16.6. The summed E-state index contributed by atoms with van der Waals surface area (Å²) in [6, 6.07) is 22.4. The van der Waals surface area contributed by atoms with Crippen LogP contribution in [0.1, 0.15) is 16.7 Å². The molecule has 6 heteroatoms. The molecule has 1 amide bonds. The van der Waals surface area contributed by atoms with Crippen LogP contribution in [0.5, 0.6) is 11.5 Å². The van der Waals surface area contributed by atoms with Crippen LogP contribution in [0.2, 0.25) is 0 Å². The number of amides is 1. The number of rotatable bonds is 9. The molecule has 0 unspecified atom stereocenters. The zero-order valence-corrected chi connectivity index (χ0v) is 17.6. The standard InChI is InChI=1S/C25H25NO5/c1-18-7-6-10-23(19(18)2)26-24(27)16-31-25(28)17-30-22-13-11-21(12-14-22)29-15-20-8-4-3-5-9-20/h3-14H,15-17H2,1-2H3,(H,26,27). The van der Waals surface area contributed by atoms with Crippen molar-refractivity contribution < 1.29 is 23.8 Å². The molecule has 0 heterocycles. The van der Waals surface area contributed by atoms with Crippen molar-refractivity contribution >= 4 is 17.6 Å². The van der Waals surface area contributed by atoms with Crippen molar-refractivity contribution in [1.82, 2.24) is 0 Å². The molecule has 0 saturated carbocycles. The van der Waals surface area contributed by atoms with Crippen molar-refractivity contribution in [2.45, 2.75) is 20.5 Å². The lowest BCUT2D eigenvalue weighted by Crippen LogP contribution is -2.24. The van der Waals surface area contributed by atoms with Crippen LogP contribution in [0.15, 0.2) is 72.8 Å². The Kier molecular flexibility index (Phi) is 7.65. The minimum absolute atomic E-state index is 0.291. The summed E-state index contributed by atoms with van der Waals surface area (Å²) in [6.07, 6.45) is 0. The number of aryl methyl sites for hydroxylation is 1. The Hall–Kier alpha value is -3.80. The number of carbonyl (C=O) groups excluding carboxylic acids is 2. The first kappa shape index (κ1) is 21.9. The molecular weight excluding hydrogens is 394 g/mol. The second-order valence-electron chi connectivity index (χ2n) is 6.99. The van der Waals surface area contributed by atoms with Crippen LogP contribution in [0.4, 0.5) is 5.69 Å². The zero-order chi connectivity index (χ0) is 22.1. The summed E-state index contributed by atoms with van der Waals surface area (Å²) in [6.45, 7) is 3.69. The molecule has 3 aromatic rings. The first-order valence-electron chi connectivity index (χ1n) is 9.92. The summed E-state index contributed by atoms with van der Waals surface area (Å²) in [5.74, 6) is 0.174. The number of hydrogen-bond donors (Lipinski definition) is 1. The molecule has 3 aromatic carbocycles. The van der Waals surface area contributed by atoms with Crippen LogP contribution in [0.25, 0.3) is 0 Å². The van der Waals surface area contributed by atoms with E-state index in [2.05, 4.69) is 5.32 Å². The Labute approximate surface area is 181 Å². The van der Waals surface area contributed by atoms with Crippen LogP contribution < -0.4 is 14.8 Å². The third kappa shape index (κ3) is 6.89. The Morgan fingerprint density at radius 3 is 2.16 bits per heavy atom. The second-order valence-corrected chi connectivity index (χ2v) is 6.99. The fourth-order valence-electron chi connectivity index (χ4n) is 2.78. The van der Waals surface area contributed by atoms with Gasteiger partial charge < -0.3 is 19.5 Å². The average molecular weight is 419 g/mol. The Morgan fingerprint density at radius 1 is 0.774 bits per heavy atom. The summed E-state index contributed by atoms with van der Waals surface area (Å²) in [7, 11) is 0. The maximum Gasteiger partial charge on any atom is 0.344 e. The lowest BCUT2D eigenvalue weighted by molar-refractivity contribution is -0.149. The predicted molar refractivity (Wildman–Crippen MR) is 118 cm³/mol. The third-order valence-corrected chi connectivity index (χ3v) is 4.67. The summed E-state index contributed by atoms with van der Waals surface area (Å²) >= 11 is 0. The van der Waals surface area contributed by atoms with E-state index in [1.165, 1.54) is 0 Å². The maximum absolute atomic E-state index is 12.0. The molecule has 0 atom stereocenters. The van der Waals surface area contributed by atoms with Crippen molar-refractivity contribution in [1.29, 1.82) is 0 Å². The summed E-state index contributed by atoms with van der Waals surface area (Å²) in [4.78, 5) is 23.9. The van der Waals surface area contributed by atoms with Gasteiger partial charge in [-0.25, -0.2) is 4.79 Å². The van der Waals surface area contributed by atoms with Gasteiger partial charge in [0.1, 0.15) is 18.1 Å². The molecule has 0 aliphatic heterocycles. The zero-order valence-electron chi connectivity index (χ0n) is 17.6. The molecule has 160 valence electrons. The number of anilines is 1. The van der Waals surface area contributed by atoms with Gasteiger partial charge in [0.15, 0.2) is 13.2 Å². The molecule has 0 spiro atoms. The highest BCUT2D eigenvalue weighted by Gasteiger charge is 2.10. The summed E-state index contributed by atoms with van der Waals surface area (Å²) in [5.41, 5.74) is 3.82. The van der Waals surface area contributed by atoms with Gasteiger partial charge in [-0.2, -0.15) is 0 Å². The number of esters is 1. The number of nitrogens with one attached hydrogen (secondary N) is 1. The van der Waals surface area contributed by atoms with Crippen molar-refractivity contribution in [2.75, 3.05) is 18.5 Å². The van der Waals surface area contributed by atoms with E-state index >= 15 is 0 Å². The van der Waals surface area contributed by atoms with E-state index in [1.54, 1.807) is 30.3 Å². The molecule has 0 aliphatic rings. The van der Waals surface area contributed by atoms with Gasteiger partial charge in [0.2, 0.25) is 0 Å². The monoisotopic (exact) mass is 419 g/mol. The maximum atomic E-state index is 12.0.